The van der Waals surface area contributed by atoms with Crippen molar-refractivity contribution in [1.29, 1.82) is 0 Å². The highest BCUT2D eigenvalue weighted by molar-refractivity contribution is 9.08. The lowest BCUT2D eigenvalue weighted by Gasteiger charge is -2.04. The third kappa shape index (κ3) is 2.14. The number of hydrogen-bond donors (Lipinski definition) is 0. The molecule has 0 N–H and O–H groups in total. The van der Waals surface area contributed by atoms with E-state index in [1.807, 2.05) is 0 Å². The zero-order valence-electron chi connectivity index (χ0n) is 5.90. The zero-order chi connectivity index (χ0) is 9.14. The molecule has 1 nitrogen and oxygen atoms in total. The fourth-order valence-corrected chi connectivity index (χ4v) is 1.41. The van der Waals surface area contributed by atoms with Crippen molar-refractivity contribution in [1.82, 2.24) is 4.98 Å². The smallest absolute Gasteiger partial charge is 0.235 e. The Morgan fingerprint density at radius 3 is 2.67 bits per heavy atom. The lowest BCUT2D eigenvalue weighted by atomic mass is 10.2. The summed E-state index contributed by atoms with van der Waals surface area (Å²) in [4.78, 5) is 3.53. The van der Waals surface area contributed by atoms with E-state index >= 15 is 0 Å². The van der Waals surface area contributed by atoms with E-state index in [2.05, 4.69) is 20.9 Å². The van der Waals surface area contributed by atoms with Crippen molar-refractivity contribution in [3.8, 4) is 0 Å². The molecule has 1 rings (SSSR count). The molecule has 0 saturated carbocycles. The molecule has 0 saturated heterocycles. The minimum atomic E-state index is -2.57. The monoisotopic (exact) mass is 255 g/mol. The summed E-state index contributed by atoms with van der Waals surface area (Å²) in [5.41, 5.74) is 0.216. The molecule has 0 amide bonds. The van der Waals surface area contributed by atoms with Gasteiger partial charge in [-0.25, -0.2) is 13.8 Å². The summed E-state index contributed by atoms with van der Waals surface area (Å²) >= 11 is 8.54. The van der Waals surface area contributed by atoms with Crippen molar-refractivity contribution in [3.05, 3.63) is 28.5 Å². The normalized spacial score (nSPS) is 10.8. The molecule has 0 spiro atoms. The second-order valence-electron chi connectivity index (χ2n) is 2.11. The first kappa shape index (κ1) is 9.86. The SMILES string of the molecule is FC(F)c1nc(Cl)ccc1CBr. The summed E-state index contributed by atoms with van der Waals surface area (Å²) in [6.45, 7) is 0. The van der Waals surface area contributed by atoms with Crippen LogP contribution in [-0.4, -0.2) is 4.98 Å². The molecule has 0 atom stereocenters. The maximum atomic E-state index is 12.3. The number of alkyl halides is 3. The van der Waals surface area contributed by atoms with Crippen molar-refractivity contribution >= 4 is 27.5 Å². The molecule has 12 heavy (non-hydrogen) atoms. The van der Waals surface area contributed by atoms with Gasteiger partial charge in [-0.3, -0.25) is 0 Å². The fourth-order valence-electron chi connectivity index (χ4n) is 0.781. The van der Waals surface area contributed by atoms with Crippen LogP contribution in [0.2, 0.25) is 5.15 Å². The van der Waals surface area contributed by atoms with Gasteiger partial charge in [0.1, 0.15) is 10.8 Å². The van der Waals surface area contributed by atoms with E-state index < -0.39 is 6.43 Å². The molecule has 0 aromatic carbocycles. The van der Waals surface area contributed by atoms with Crippen LogP contribution in [0.3, 0.4) is 0 Å². The maximum Gasteiger partial charge on any atom is 0.280 e. The van der Waals surface area contributed by atoms with E-state index in [-0.39, 0.29) is 10.8 Å². The Morgan fingerprint density at radius 1 is 1.50 bits per heavy atom. The quantitative estimate of drug-likeness (QED) is 0.582. The summed E-state index contributed by atoms with van der Waals surface area (Å²) in [5, 5.41) is 0.451. The Morgan fingerprint density at radius 2 is 2.17 bits per heavy atom. The molecule has 1 aromatic rings. The highest BCUT2D eigenvalue weighted by Gasteiger charge is 2.14. The Labute approximate surface area is 81.9 Å². The van der Waals surface area contributed by atoms with Crippen LogP contribution >= 0.6 is 27.5 Å². The van der Waals surface area contributed by atoms with Gasteiger partial charge in [0, 0.05) is 5.33 Å². The van der Waals surface area contributed by atoms with Gasteiger partial charge in [0.05, 0.1) is 0 Å². The summed E-state index contributed by atoms with van der Waals surface area (Å²) < 4.78 is 24.5. The van der Waals surface area contributed by atoms with Crippen molar-refractivity contribution in [2.24, 2.45) is 0 Å². The first-order valence-electron chi connectivity index (χ1n) is 3.14. The molecule has 0 fully saturated rings. The maximum absolute atomic E-state index is 12.3. The van der Waals surface area contributed by atoms with Crippen molar-refractivity contribution < 1.29 is 8.78 Å². The molecule has 0 aliphatic heterocycles. The Kier molecular flexibility index (Phi) is 3.40. The molecule has 66 valence electrons. The van der Waals surface area contributed by atoms with Crippen LogP contribution in [0.5, 0.6) is 0 Å². The molecular formula is C7H5BrClF2N. The molecule has 1 aromatic heterocycles. The summed E-state index contributed by atoms with van der Waals surface area (Å²) in [7, 11) is 0. The Hall–Kier alpha value is -0.220. The highest BCUT2D eigenvalue weighted by Crippen LogP contribution is 2.24. The average Bonchev–Trinajstić information content (AvgIpc) is 2.04. The van der Waals surface area contributed by atoms with E-state index in [9.17, 15) is 8.78 Å². The number of hydrogen-bond acceptors (Lipinski definition) is 1. The molecular weight excluding hydrogens is 251 g/mol. The number of halogens is 4. The minimum Gasteiger partial charge on any atom is -0.235 e. The van der Waals surface area contributed by atoms with E-state index in [0.29, 0.717) is 10.9 Å². The number of pyridine rings is 1. The minimum absolute atomic E-state index is 0.0926. The standard InChI is InChI=1S/C7H5BrClF2N/c8-3-4-1-2-5(9)12-6(4)7(10)11/h1-2,7H,3H2. The zero-order valence-corrected chi connectivity index (χ0v) is 8.24. The molecule has 0 radical (unpaired) electrons. The van der Waals surface area contributed by atoms with Gasteiger partial charge in [0.25, 0.3) is 6.43 Å². The molecule has 1 heterocycles. The predicted molar refractivity (Wildman–Crippen MR) is 46.8 cm³/mol. The number of aromatic nitrogens is 1. The third-order valence-electron chi connectivity index (χ3n) is 1.33. The van der Waals surface area contributed by atoms with Crippen LogP contribution in [0.1, 0.15) is 17.7 Å². The molecule has 0 bridgehead atoms. The van der Waals surface area contributed by atoms with Crippen LogP contribution in [0, 0.1) is 0 Å². The predicted octanol–water partition coefficient (Wildman–Crippen LogP) is 3.57. The largest absolute Gasteiger partial charge is 0.280 e. The second kappa shape index (κ2) is 4.14. The topological polar surface area (TPSA) is 12.9 Å². The second-order valence-corrected chi connectivity index (χ2v) is 3.06. The van der Waals surface area contributed by atoms with Gasteiger partial charge in [-0.2, -0.15) is 0 Å². The van der Waals surface area contributed by atoms with E-state index in [1.165, 1.54) is 12.1 Å². The van der Waals surface area contributed by atoms with Gasteiger partial charge in [-0.15, -0.1) is 0 Å². The van der Waals surface area contributed by atoms with Gasteiger partial charge >= 0.3 is 0 Å². The van der Waals surface area contributed by atoms with Gasteiger partial charge < -0.3 is 0 Å². The van der Waals surface area contributed by atoms with Crippen LogP contribution in [-0.2, 0) is 5.33 Å². The number of nitrogens with zero attached hydrogens (tertiary/aromatic N) is 1. The molecule has 5 heteroatoms. The highest BCUT2D eigenvalue weighted by atomic mass is 79.9. The van der Waals surface area contributed by atoms with Crippen LogP contribution < -0.4 is 0 Å². The van der Waals surface area contributed by atoms with Gasteiger partial charge in [-0.05, 0) is 11.6 Å². The first-order chi connectivity index (χ1) is 5.65. The third-order valence-corrected chi connectivity index (χ3v) is 2.14. The van der Waals surface area contributed by atoms with Gasteiger partial charge in [0.15, 0.2) is 0 Å². The lowest BCUT2D eigenvalue weighted by Crippen LogP contribution is -1.96. The van der Waals surface area contributed by atoms with E-state index in [0.717, 1.165) is 0 Å². The van der Waals surface area contributed by atoms with Gasteiger partial charge in [0.2, 0.25) is 0 Å². The number of rotatable bonds is 2. The Balaban J connectivity index is 3.12. The Bertz CT molecular complexity index is 280. The van der Waals surface area contributed by atoms with Gasteiger partial charge in [-0.1, -0.05) is 33.6 Å². The van der Waals surface area contributed by atoms with Crippen molar-refractivity contribution in [2.75, 3.05) is 0 Å². The summed E-state index contributed by atoms with van der Waals surface area (Å²) in [6.07, 6.45) is -2.57. The molecule has 0 aliphatic carbocycles. The molecule has 0 unspecified atom stereocenters. The fraction of sp³-hybridized carbons (Fsp3) is 0.286. The average molecular weight is 256 g/mol. The van der Waals surface area contributed by atoms with Crippen LogP contribution in [0.4, 0.5) is 8.78 Å². The first-order valence-corrected chi connectivity index (χ1v) is 4.64. The van der Waals surface area contributed by atoms with Crippen molar-refractivity contribution in [3.63, 3.8) is 0 Å². The molecule has 0 aliphatic rings. The van der Waals surface area contributed by atoms with Crippen LogP contribution in [0.15, 0.2) is 12.1 Å². The van der Waals surface area contributed by atoms with E-state index in [4.69, 9.17) is 11.6 Å². The summed E-state index contributed by atoms with van der Waals surface area (Å²) in [5.74, 6) is 0. The van der Waals surface area contributed by atoms with Crippen LogP contribution in [0.25, 0.3) is 0 Å². The summed E-state index contributed by atoms with van der Waals surface area (Å²) in [6, 6.07) is 3.02. The van der Waals surface area contributed by atoms with Crippen molar-refractivity contribution in [2.45, 2.75) is 11.8 Å². The lowest BCUT2D eigenvalue weighted by molar-refractivity contribution is 0.145. The van der Waals surface area contributed by atoms with E-state index in [1.54, 1.807) is 0 Å².